The van der Waals surface area contributed by atoms with E-state index >= 15 is 0 Å². The van der Waals surface area contributed by atoms with Gasteiger partial charge in [-0.15, -0.1) is 0 Å². The van der Waals surface area contributed by atoms with E-state index in [9.17, 15) is 9.59 Å². The molecule has 2 saturated heterocycles. The van der Waals surface area contributed by atoms with E-state index in [2.05, 4.69) is 0 Å². The molecule has 0 radical (unpaired) electrons. The molecule has 0 aromatic carbocycles. The lowest BCUT2D eigenvalue weighted by Crippen LogP contribution is -2.46. The summed E-state index contributed by atoms with van der Waals surface area (Å²) in [5, 5.41) is 17.8. The summed E-state index contributed by atoms with van der Waals surface area (Å²) >= 11 is 0. The summed E-state index contributed by atoms with van der Waals surface area (Å²) in [5.41, 5.74) is 0. The Morgan fingerprint density at radius 1 is 1.00 bits per heavy atom. The first-order valence-corrected chi connectivity index (χ1v) is 7.46. The molecule has 2 aliphatic heterocycles. The number of aliphatic hydroxyl groups excluding tert-OH is 1. The highest BCUT2D eigenvalue weighted by Crippen LogP contribution is 2.24. The van der Waals surface area contributed by atoms with Gasteiger partial charge in [-0.1, -0.05) is 0 Å². The number of piperidine rings is 1. The summed E-state index contributed by atoms with van der Waals surface area (Å²) in [6.45, 7) is 3.01. The number of rotatable bonds is 4. The molecule has 2 amide bonds. The fraction of sp³-hybridized carbons (Fsp3) is 0.857. The zero-order valence-corrected chi connectivity index (χ0v) is 11.8. The topological polar surface area (TPSA) is 81.1 Å². The van der Waals surface area contributed by atoms with Crippen molar-refractivity contribution < 1.29 is 19.8 Å². The van der Waals surface area contributed by atoms with Gasteiger partial charge in [0.05, 0.1) is 0 Å². The van der Waals surface area contributed by atoms with E-state index in [0.717, 1.165) is 38.9 Å². The number of likely N-dealkylation sites (tertiary alicyclic amines) is 2. The van der Waals surface area contributed by atoms with Crippen molar-refractivity contribution in [1.82, 2.24) is 9.80 Å². The molecule has 1 unspecified atom stereocenters. The monoisotopic (exact) mass is 284 g/mol. The molecule has 2 aliphatic rings. The highest BCUT2D eigenvalue weighted by Gasteiger charge is 2.31. The summed E-state index contributed by atoms with van der Waals surface area (Å²) in [6, 6.07) is 0.0811. The lowest BCUT2D eigenvalue weighted by atomic mass is 9.92. The van der Waals surface area contributed by atoms with Crippen LogP contribution in [0.5, 0.6) is 0 Å². The van der Waals surface area contributed by atoms with Crippen molar-refractivity contribution in [3.05, 3.63) is 0 Å². The molecule has 0 saturated carbocycles. The van der Waals surface area contributed by atoms with Gasteiger partial charge in [0.15, 0.2) is 0 Å². The van der Waals surface area contributed by atoms with Gasteiger partial charge in [0.2, 0.25) is 0 Å². The lowest BCUT2D eigenvalue weighted by Gasteiger charge is -2.34. The minimum absolute atomic E-state index is 0.0811. The highest BCUT2D eigenvalue weighted by molar-refractivity contribution is 5.74. The normalized spacial score (nSPS) is 24.1. The number of aliphatic hydroxyl groups is 1. The summed E-state index contributed by atoms with van der Waals surface area (Å²) < 4.78 is 0. The Bertz CT molecular complexity index is 353. The third-order valence-corrected chi connectivity index (χ3v) is 4.47. The molecule has 2 N–H and O–H groups in total. The number of carbonyl (C=O) groups is 2. The molecule has 2 rings (SSSR count). The predicted molar refractivity (Wildman–Crippen MR) is 73.3 cm³/mol. The van der Waals surface area contributed by atoms with Crippen LogP contribution >= 0.6 is 0 Å². The molecule has 20 heavy (non-hydrogen) atoms. The zero-order chi connectivity index (χ0) is 14.5. The third kappa shape index (κ3) is 3.85. The fourth-order valence-corrected chi connectivity index (χ4v) is 3.10. The fourth-order valence-electron chi connectivity index (χ4n) is 3.10. The van der Waals surface area contributed by atoms with E-state index in [-0.39, 0.29) is 25.0 Å². The van der Waals surface area contributed by atoms with Crippen LogP contribution in [-0.4, -0.2) is 64.8 Å². The van der Waals surface area contributed by atoms with E-state index < -0.39 is 5.97 Å². The van der Waals surface area contributed by atoms with Gasteiger partial charge in [-0.05, 0) is 31.6 Å². The van der Waals surface area contributed by atoms with Crippen LogP contribution in [0.3, 0.4) is 0 Å². The van der Waals surface area contributed by atoms with Crippen molar-refractivity contribution >= 4 is 12.0 Å². The van der Waals surface area contributed by atoms with Gasteiger partial charge in [0, 0.05) is 45.1 Å². The Kier molecular flexibility index (Phi) is 5.23. The maximum atomic E-state index is 12.3. The molecule has 0 aliphatic carbocycles. The molecule has 1 atom stereocenters. The van der Waals surface area contributed by atoms with Crippen LogP contribution in [0.2, 0.25) is 0 Å². The molecule has 114 valence electrons. The summed E-state index contributed by atoms with van der Waals surface area (Å²) in [7, 11) is 0. The number of urea groups is 1. The van der Waals surface area contributed by atoms with Gasteiger partial charge in [0.1, 0.15) is 0 Å². The van der Waals surface area contributed by atoms with Crippen LogP contribution in [0, 0.1) is 11.8 Å². The first-order chi connectivity index (χ1) is 9.60. The van der Waals surface area contributed by atoms with Gasteiger partial charge in [-0.3, -0.25) is 4.79 Å². The van der Waals surface area contributed by atoms with Crippen LogP contribution in [-0.2, 0) is 4.79 Å². The number of nitrogens with zero attached hydrogens (tertiary/aromatic N) is 2. The maximum Gasteiger partial charge on any atom is 0.320 e. The van der Waals surface area contributed by atoms with Crippen LogP contribution in [0.4, 0.5) is 4.79 Å². The first-order valence-electron chi connectivity index (χ1n) is 7.46. The van der Waals surface area contributed by atoms with Crippen LogP contribution in [0.15, 0.2) is 0 Å². The van der Waals surface area contributed by atoms with E-state index in [1.54, 1.807) is 0 Å². The van der Waals surface area contributed by atoms with E-state index in [4.69, 9.17) is 10.2 Å². The quantitative estimate of drug-likeness (QED) is 0.807. The Labute approximate surface area is 119 Å². The minimum Gasteiger partial charge on any atom is -0.481 e. The average Bonchev–Trinajstić information content (AvgIpc) is 2.94. The smallest absolute Gasteiger partial charge is 0.320 e. The number of carboxylic acids is 1. The van der Waals surface area contributed by atoms with Gasteiger partial charge >= 0.3 is 12.0 Å². The number of carboxylic acid groups (broad SMARTS) is 1. The van der Waals surface area contributed by atoms with Crippen LogP contribution in [0.25, 0.3) is 0 Å². The molecule has 0 spiro atoms. The molecular formula is C14H24N2O4. The second-order valence-electron chi connectivity index (χ2n) is 5.93. The Morgan fingerprint density at radius 3 is 2.15 bits per heavy atom. The molecule has 2 fully saturated rings. The summed E-state index contributed by atoms with van der Waals surface area (Å²) in [6.07, 6.45) is 3.63. The van der Waals surface area contributed by atoms with Gasteiger partial charge in [-0.2, -0.15) is 0 Å². The predicted octanol–water partition coefficient (Wildman–Crippen LogP) is 0.997. The Balaban J connectivity index is 1.73. The average molecular weight is 284 g/mol. The van der Waals surface area contributed by atoms with E-state index in [1.807, 2.05) is 9.80 Å². The summed E-state index contributed by atoms with van der Waals surface area (Å²) in [4.78, 5) is 26.6. The third-order valence-electron chi connectivity index (χ3n) is 4.47. The standard InChI is InChI=1S/C14H24N2O4/c17-10-12-5-8-16(9-12)14(20)15-6-3-11(4-7-15)1-2-13(18)19/h11-12,17H,1-10H2,(H,18,19). The summed E-state index contributed by atoms with van der Waals surface area (Å²) in [5.74, 6) is -0.0819. The largest absolute Gasteiger partial charge is 0.481 e. The number of amides is 2. The molecule has 2 heterocycles. The molecule has 0 aromatic rings. The number of hydrogen-bond acceptors (Lipinski definition) is 3. The van der Waals surface area contributed by atoms with Gasteiger partial charge in [0.25, 0.3) is 0 Å². The van der Waals surface area contributed by atoms with Crippen molar-refractivity contribution in [3.8, 4) is 0 Å². The first kappa shape index (κ1) is 15.1. The van der Waals surface area contributed by atoms with E-state index in [1.165, 1.54) is 0 Å². The Morgan fingerprint density at radius 2 is 1.60 bits per heavy atom. The number of aliphatic carboxylic acids is 1. The van der Waals surface area contributed by atoms with Gasteiger partial charge < -0.3 is 20.0 Å². The molecular weight excluding hydrogens is 260 g/mol. The molecule has 6 nitrogen and oxygen atoms in total. The van der Waals surface area contributed by atoms with Crippen molar-refractivity contribution in [2.75, 3.05) is 32.8 Å². The van der Waals surface area contributed by atoms with Crippen LogP contribution in [0.1, 0.15) is 32.1 Å². The minimum atomic E-state index is -0.740. The molecule has 0 bridgehead atoms. The van der Waals surface area contributed by atoms with Crippen molar-refractivity contribution in [1.29, 1.82) is 0 Å². The number of carbonyl (C=O) groups excluding carboxylic acids is 1. The highest BCUT2D eigenvalue weighted by atomic mass is 16.4. The van der Waals surface area contributed by atoms with Crippen molar-refractivity contribution in [2.45, 2.75) is 32.1 Å². The number of hydrogen-bond donors (Lipinski definition) is 2. The molecule has 6 heteroatoms. The van der Waals surface area contributed by atoms with Crippen molar-refractivity contribution in [3.63, 3.8) is 0 Å². The van der Waals surface area contributed by atoms with Gasteiger partial charge in [-0.25, -0.2) is 4.79 Å². The lowest BCUT2D eigenvalue weighted by molar-refractivity contribution is -0.137. The van der Waals surface area contributed by atoms with Crippen LogP contribution < -0.4 is 0 Å². The zero-order valence-electron chi connectivity index (χ0n) is 11.8. The molecule has 0 aromatic heterocycles. The second-order valence-corrected chi connectivity index (χ2v) is 5.93. The SMILES string of the molecule is O=C(O)CCC1CCN(C(=O)N2CCC(CO)C2)CC1. The van der Waals surface area contributed by atoms with E-state index in [0.29, 0.717) is 18.9 Å². The second kappa shape index (κ2) is 6.92. The maximum absolute atomic E-state index is 12.3. The van der Waals surface area contributed by atoms with Crippen molar-refractivity contribution in [2.24, 2.45) is 11.8 Å². The Hall–Kier alpha value is -1.30.